The van der Waals surface area contributed by atoms with Crippen molar-refractivity contribution in [3.05, 3.63) is 59.7 Å². The van der Waals surface area contributed by atoms with Gasteiger partial charge in [0.1, 0.15) is 5.75 Å². The van der Waals surface area contributed by atoms with E-state index in [1.165, 1.54) is 13.2 Å². The molecule has 0 unspecified atom stereocenters. The molecule has 0 bridgehead atoms. The second kappa shape index (κ2) is 4.86. The first kappa shape index (κ1) is 13.1. The highest BCUT2D eigenvalue weighted by molar-refractivity contribution is 6.55. The third kappa shape index (κ3) is 1.99. The first-order chi connectivity index (χ1) is 10.1. The van der Waals surface area contributed by atoms with Crippen molar-refractivity contribution in [3.63, 3.8) is 0 Å². The zero-order valence-electron chi connectivity index (χ0n) is 11.2. The van der Waals surface area contributed by atoms with Gasteiger partial charge in [0, 0.05) is 5.56 Å². The minimum atomic E-state index is -0.844. The summed E-state index contributed by atoms with van der Waals surface area (Å²) in [5.41, 5.74) is 0.726. The molecule has 0 spiro atoms. The van der Waals surface area contributed by atoms with Crippen LogP contribution in [0.25, 0.3) is 0 Å². The Hall–Kier alpha value is -2.95. The van der Waals surface area contributed by atoms with Crippen molar-refractivity contribution < 1.29 is 19.1 Å². The molecule has 2 amide bonds. The highest BCUT2D eigenvalue weighted by Gasteiger charge is 2.38. The number of carbonyl (C=O) groups is 3. The number of ether oxygens (including phenoxy) is 1. The van der Waals surface area contributed by atoms with Gasteiger partial charge in [-0.3, -0.25) is 14.4 Å². The molecule has 0 saturated carbocycles. The first-order valence-electron chi connectivity index (χ1n) is 6.29. The van der Waals surface area contributed by atoms with Crippen LogP contribution in [0.2, 0.25) is 0 Å². The molecule has 2 aromatic carbocycles. The Bertz CT molecular complexity index is 749. The topological polar surface area (TPSA) is 63.7 Å². The van der Waals surface area contributed by atoms with Gasteiger partial charge in [0.25, 0.3) is 11.7 Å². The van der Waals surface area contributed by atoms with Gasteiger partial charge >= 0.3 is 5.91 Å². The Morgan fingerprint density at radius 1 is 0.810 bits per heavy atom. The number of methoxy groups -OCH3 is 1. The monoisotopic (exact) mass is 281 g/mol. The van der Waals surface area contributed by atoms with Crippen LogP contribution < -0.4 is 9.64 Å². The van der Waals surface area contributed by atoms with Gasteiger partial charge in [0.2, 0.25) is 0 Å². The van der Waals surface area contributed by atoms with Gasteiger partial charge in [-0.2, -0.15) is 0 Å². The summed E-state index contributed by atoms with van der Waals surface area (Å²) in [6, 6.07) is 12.7. The third-order valence-electron chi connectivity index (χ3n) is 3.33. The van der Waals surface area contributed by atoms with Crippen LogP contribution >= 0.6 is 0 Å². The molecule has 0 aliphatic carbocycles. The number of amides is 2. The third-order valence-corrected chi connectivity index (χ3v) is 3.33. The molecule has 3 rings (SSSR count). The average molecular weight is 281 g/mol. The van der Waals surface area contributed by atoms with Crippen LogP contribution in [-0.2, 0) is 4.79 Å². The molecule has 1 heterocycles. The largest absolute Gasteiger partial charge is 0.497 e. The molecule has 1 aliphatic heterocycles. The second-order valence-electron chi connectivity index (χ2n) is 4.52. The minimum absolute atomic E-state index is 0.150. The van der Waals surface area contributed by atoms with Crippen molar-refractivity contribution in [2.24, 2.45) is 0 Å². The molecule has 21 heavy (non-hydrogen) atoms. The van der Waals surface area contributed by atoms with E-state index in [9.17, 15) is 14.4 Å². The quantitative estimate of drug-likeness (QED) is 0.624. The van der Waals surface area contributed by atoms with E-state index in [0.29, 0.717) is 11.4 Å². The summed E-state index contributed by atoms with van der Waals surface area (Å²) in [4.78, 5) is 37.6. The molecule has 1 aliphatic rings. The molecule has 0 N–H and O–H groups in total. The van der Waals surface area contributed by atoms with Gasteiger partial charge in [-0.25, -0.2) is 4.90 Å². The lowest BCUT2D eigenvalue weighted by molar-refractivity contribution is -0.114. The molecule has 0 saturated heterocycles. The summed E-state index contributed by atoms with van der Waals surface area (Å²) in [7, 11) is 1.52. The van der Waals surface area contributed by atoms with Crippen molar-refractivity contribution in [1.29, 1.82) is 0 Å². The van der Waals surface area contributed by atoms with Gasteiger partial charge in [0.05, 0.1) is 18.4 Å². The lowest BCUT2D eigenvalue weighted by atomic mass is 9.97. The Balaban J connectivity index is 2.09. The average Bonchev–Trinajstić information content (AvgIpc) is 2.53. The van der Waals surface area contributed by atoms with Crippen molar-refractivity contribution in [2.45, 2.75) is 0 Å². The fourth-order valence-electron chi connectivity index (χ4n) is 2.26. The number of fused-ring (bicyclic) bond motifs is 1. The van der Waals surface area contributed by atoms with Gasteiger partial charge in [0.15, 0.2) is 0 Å². The van der Waals surface area contributed by atoms with Crippen molar-refractivity contribution in [3.8, 4) is 5.75 Å². The Labute approximate surface area is 120 Å². The summed E-state index contributed by atoms with van der Waals surface area (Å²) in [5, 5.41) is 0. The maximum atomic E-state index is 12.4. The Kier molecular flexibility index (Phi) is 3.02. The highest BCUT2D eigenvalue weighted by atomic mass is 16.5. The summed E-state index contributed by atoms with van der Waals surface area (Å²) in [6.07, 6.45) is 0. The molecule has 104 valence electrons. The van der Waals surface area contributed by atoms with Crippen LogP contribution in [0.5, 0.6) is 5.75 Å². The highest BCUT2D eigenvalue weighted by Crippen LogP contribution is 2.26. The molecule has 0 atom stereocenters. The fourth-order valence-corrected chi connectivity index (χ4v) is 2.26. The molecule has 0 aromatic heterocycles. The van der Waals surface area contributed by atoms with Crippen molar-refractivity contribution in [1.82, 2.24) is 0 Å². The number of rotatable bonds is 2. The summed E-state index contributed by atoms with van der Waals surface area (Å²) < 4.78 is 5.03. The zero-order valence-corrected chi connectivity index (χ0v) is 11.2. The second-order valence-corrected chi connectivity index (χ2v) is 4.52. The molecule has 5 heteroatoms. The maximum Gasteiger partial charge on any atom is 0.306 e. The number of imide groups is 1. The van der Waals surface area contributed by atoms with Crippen LogP contribution in [0, 0.1) is 0 Å². The van der Waals surface area contributed by atoms with E-state index < -0.39 is 17.6 Å². The molecular formula is C16H11NO4. The van der Waals surface area contributed by atoms with E-state index in [4.69, 9.17) is 4.74 Å². The number of anilines is 1. The number of ketones is 1. The Morgan fingerprint density at radius 3 is 2.05 bits per heavy atom. The molecule has 0 fully saturated rings. The predicted molar refractivity (Wildman–Crippen MR) is 75.6 cm³/mol. The maximum absolute atomic E-state index is 12.4. The fraction of sp³-hybridized carbons (Fsp3) is 0.0625. The van der Waals surface area contributed by atoms with Crippen molar-refractivity contribution in [2.75, 3.05) is 12.0 Å². The van der Waals surface area contributed by atoms with E-state index in [1.54, 1.807) is 42.5 Å². The van der Waals surface area contributed by atoms with Crippen molar-refractivity contribution >= 4 is 23.3 Å². The molecule has 2 aromatic rings. The Morgan fingerprint density at radius 2 is 1.43 bits per heavy atom. The predicted octanol–water partition coefficient (Wildman–Crippen LogP) is 2.06. The van der Waals surface area contributed by atoms with E-state index >= 15 is 0 Å². The zero-order chi connectivity index (χ0) is 15.0. The number of benzene rings is 2. The smallest absolute Gasteiger partial charge is 0.306 e. The number of nitrogens with zero attached hydrogens (tertiary/aromatic N) is 1. The molecule has 5 nitrogen and oxygen atoms in total. The summed E-state index contributed by atoms with van der Waals surface area (Å²) in [6.45, 7) is 0. The van der Waals surface area contributed by atoms with E-state index in [2.05, 4.69) is 0 Å². The normalized spacial score (nSPS) is 14.1. The number of Topliss-reactive ketones (excluding diaryl/α,β-unsaturated/α-hetero) is 1. The lowest BCUT2D eigenvalue weighted by Crippen LogP contribution is -2.46. The molecular weight excluding hydrogens is 270 g/mol. The number of carbonyl (C=O) groups excluding carboxylic acids is 3. The van der Waals surface area contributed by atoms with E-state index in [-0.39, 0.29) is 11.1 Å². The number of hydrogen-bond donors (Lipinski definition) is 0. The SMILES string of the molecule is COc1ccc(N2C(=O)C(=O)c3ccccc3C2=O)cc1. The minimum Gasteiger partial charge on any atom is -0.497 e. The van der Waals surface area contributed by atoms with Crippen LogP contribution in [0.15, 0.2) is 48.5 Å². The lowest BCUT2D eigenvalue weighted by Gasteiger charge is -2.25. The van der Waals surface area contributed by atoms with Gasteiger partial charge in [-0.05, 0) is 30.3 Å². The van der Waals surface area contributed by atoms with Crippen LogP contribution in [0.4, 0.5) is 5.69 Å². The van der Waals surface area contributed by atoms with Gasteiger partial charge < -0.3 is 4.74 Å². The van der Waals surface area contributed by atoms with Crippen LogP contribution in [0.3, 0.4) is 0 Å². The summed E-state index contributed by atoms with van der Waals surface area (Å²) in [5.74, 6) is -1.42. The first-order valence-corrected chi connectivity index (χ1v) is 6.29. The number of hydrogen-bond acceptors (Lipinski definition) is 4. The molecule has 0 radical (unpaired) electrons. The van der Waals surface area contributed by atoms with Crippen LogP contribution in [0.1, 0.15) is 20.7 Å². The van der Waals surface area contributed by atoms with Gasteiger partial charge in [-0.15, -0.1) is 0 Å². The van der Waals surface area contributed by atoms with Crippen LogP contribution in [-0.4, -0.2) is 24.7 Å². The van der Waals surface area contributed by atoms with E-state index in [0.717, 1.165) is 4.90 Å². The van der Waals surface area contributed by atoms with E-state index in [1.807, 2.05) is 0 Å². The summed E-state index contributed by atoms with van der Waals surface area (Å²) >= 11 is 0. The standard InChI is InChI=1S/C16H11NO4/c1-21-11-8-6-10(7-9-11)17-15(19)13-5-3-2-4-12(13)14(18)16(17)20/h2-9H,1H3. The van der Waals surface area contributed by atoms with Gasteiger partial charge in [-0.1, -0.05) is 18.2 Å².